The molecule has 1 amide bonds. The monoisotopic (exact) mass is 203 g/mol. The third kappa shape index (κ3) is 5.97. The maximum absolute atomic E-state index is 11.6. The lowest BCUT2D eigenvalue weighted by molar-refractivity contribution is 0.223. The highest BCUT2D eigenvalue weighted by Gasteiger charge is 2.13. The van der Waals surface area contributed by atoms with Gasteiger partial charge in [-0.1, -0.05) is 39.5 Å². The molecule has 0 aromatic rings. The molecule has 0 atom stereocenters. The molecule has 0 spiro atoms. The molecule has 0 saturated heterocycles. The number of thioether (sulfide) groups is 1. The van der Waals surface area contributed by atoms with Gasteiger partial charge in [0.25, 0.3) is 5.24 Å². The Hall–Kier alpha value is -0.180. The Kier molecular flexibility index (Phi) is 7.14. The van der Waals surface area contributed by atoms with Crippen LogP contribution in [-0.4, -0.2) is 28.5 Å². The maximum Gasteiger partial charge on any atom is 0.281 e. The fraction of sp³-hybridized carbons (Fsp3) is 0.900. The van der Waals surface area contributed by atoms with Crippen molar-refractivity contribution in [1.29, 1.82) is 0 Å². The van der Waals surface area contributed by atoms with Crippen LogP contribution < -0.4 is 0 Å². The molecule has 0 saturated carbocycles. The summed E-state index contributed by atoms with van der Waals surface area (Å²) in [6.07, 6.45) is 2.09. The number of amides is 1. The number of hydrogen-bond acceptors (Lipinski definition) is 2. The third-order valence-electron chi connectivity index (χ3n) is 1.58. The van der Waals surface area contributed by atoms with E-state index >= 15 is 0 Å². The molecule has 0 rings (SSSR count). The van der Waals surface area contributed by atoms with Crippen LogP contribution in [-0.2, 0) is 0 Å². The predicted octanol–water partition coefficient (Wildman–Crippen LogP) is 3.37. The van der Waals surface area contributed by atoms with E-state index in [9.17, 15) is 4.79 Å². The molecule has 0 aliphatic carbocycles. The SMILES string of the molecule is CCCN(CCC)C(=O)SC(C)C. The molecule has 0 fully saturated rings. The Balaban J connectivity index is 3.95. The van der Waals surface area contributed by atoms with Crippen LogP contribution in [0.1, 0.15) is 40.5 Å². The zero-order chi connectivity index (χ0) is 10.3. The van der Waals surface area contributed by atoms with E-state index in [-0.39, 0.29) is 5.24 Å². The lowest BCUT2D eigenvalue weighted by atomic mass is 10.4. The van der Waals surface area contributed by atoms with Crippen molar-refractivity contribution in [2.45, 2.75) is 45.8 Å². The molecular formula is C10H21NOS. The molecule has 78 valence electrons. The topological polar surface area (TPSA) is 20.3 Å². The summed E-state index contributed by atoms with van der Waals surface area (Å²) in [7, 11) is 0. The fourth-order valence-corrected chi connectivity index (χ4v) is 1.85. The molecule has 0 N–H and O–H groups in total. The Morgan fingerprint density at radius 3 is 2.00 bits per heavy atom. The average Bonchev–Trinajstić information content (AvgIpc) is 2.02. The summed E-state index contributed by atoms with van der Waals surface area (Å²) in [6, 6.07) is 0. The van der Waals surface area contributed by atoms with Gasteiger partial charge in [0, 0.05) is 18.3 Å². The van der Waals surface area contributed by atoms with Gasteiger partial charge in [-0.15, -0.1) is 0 Å². The van der Waals surface area contributed by atoms with Crippen molar-refractivity contribution < 1.29 is 4.79 Å². The van der Waals surface area contributed by atoms with Crippen molar-refractivity contribution in [2.24, 2.45) is 0 Å². The van der Waals surface area contributed by atoms with Crippen molar-refractivity contribution in [3.63, 3.8) is 0 Å². The van der Waals surface area contributed by atoms with Crippen molar-refractivity contribution >= 4 is 17.0 Å². The fourth-order valence-electron chi connectivity index (χ4n) is 1.11. The number of carbonyl (C=O) groups is 1. The van der Waals surface area contributed by atoms with Gasteiger partial charge < -0.3 is 4.90 Å². The van der Waals surface area contributed by atoms with E-state index in [4.69, 9.17) is 0 Å². The van der Waals surface area contributed by atoms with Crippen LogP contribution in [0.3, 0.4) is 0 Å². The van der Waals surface area contributed by atoms with E-state index < -0.39 is 0 Å². The van der Waals surface area contributed by atoms with Gasteiger partial charge in [0.2, 0.25) is 0 Å². The van der Waals surface area contributed by atoms with Crippen molar-refractivity contribution in [3.05, 3.63) is 0 Å². The molecule has 0 aromatic heterocycles. The molecule has 13 heavy (non-hydrogen) atoms. The summed E-state index contributed by atoms with van der Waals surface area (Å²) < 4.78 is 0. The van der Waals surface area contributed by atoms with E-state index in [0.717, 1.165) is 25.9 Å². The van der Waals surface area contributed by atoms with Crippen LogP contribution in [0.5, 0.6) is 0 Å². The third-order valence-corrected chi connectivity index (χ3v) is 2.51. The largest absolute Gasteiger partial charge is 0.334 e. The van der Waals surface area contributed by atoms with Gasteiger partial charge in [-0.3, -0.25) is 4.79 Å². The van der Waals surface area contributed by atoms with Gasteiger partial charge in [-0.25, -0.2) is 0 Å². The van der Waals surface area contributed by atoms with Crippen molar-refractivity contribution in [2.75, 3.05) is 13.1 Å². The number of hydrogen-bond donors (Lipinski definition) is 0. The van der Waals surface area contributed by atoms with Gasteiger partial charge in [-0.2, -0.15) is 0 Å². The maximum atomic E-state index is 11.6. The number of nitrogens with zero attached hydrogens (tertiary/aromatic N) is 1. The molecule has 2 nitrogen and oxygen atoms in total. The van der Waals surface area contributed by atoms with Crippen molar-refractivity contribution in [1.82, 2.24) is 4.90 Å². The minimum absolute atomic E-state index is 0.235. The first kappa shape index (κ1) is 12.8. The van der Waals surface area contributed by atoms with E-state index in [2.05, 4.69) is 27.7 Å². The minimum Gasteiger partial charge on any atom is -0.334 e. The smallest absolute Gasteiger partial charge is 0.281 e. The molecular weight excluding hydrogens is 182 g/mol. The van der Waals surface area contributed by atoms with Gasteiger partial charge in [0.15, 0.2) is 0 Å². The van der Waals surface area contributed by atoms with Crippen LogP contribution in [0.15, 0.2) is 0 Å². The molecule has 0 aliphatic rings. The lowest BCUT2D eigenvalue weighted by Crippen LogP contribution is -2.29. The predicted molar refractivity (Wildman–Crippen MR) is 60.3 cm³/mol. The lowest BCUT2D eigenvalue weighted by Gasteiger charge is -2.21. The van der Waals surface area contributed by atoms with E-state index in [1.165, 1.54) is 11.8 Å². The highest BCUT2D eigenvalue weighted by atomic mass is 32.2. The van der Waals surface area contributed by atoms with E-state index in [0.29, 0.717) is 5.25 Å². The Morgan fingerprint density at radius 1 is 1.23 bits per heavy atom. The molecule has 0 aromatic carbocycles. The first-order valence-corrected chi connectivity index (χ1v) is 5.95. The van der Waals surface area contributed by atoms with Crippen LogP contribution in [0.25, 0.3) is 0 Å². The summed E-state index contributed by atoms with van der Waals surface area (Å²) in [6.45, 7) is 10.1. The van der Waals surface area contributed by atoms with E-state index in [1.807, 2.05) is 4.90 Å². The van der Waals surface area contributed by atoms with Crippen LogP contribution in [0, 0.1) is 0 Å². The molecule has 0 radical (unpaired) electrons. The van der Waals surface area contributed by atoms with Crippen LogP contribution >= 0.6 is 11.8 Å². The summed E-state index contributed by atoms with van der Waals surface area (Å²) in [5.74, 6) is 0. The second-order valence-corrected chi connectivity index (χ2v) is 4.95. The molecule has 0 heterocycles. The average molecular weight is 203 g/mol. The second kappa shape index (κ2) is 7.25. The van der Waals surface area contributed by atoms with Crippen LogP contribution in [0.2, 0.25) is 0 Å². The molecule has 0 bridgehead atoms. The summed E-state index contributed by atoms with van der Waals surface area (Å²) in [5.41, 5.74) is 0. The van der Waals surface area contributed by atoms with Crippen LogP contribution in [0.4, 0.5) is 4.79 Å². The van der Waals surface area contributed by atoms with Gasteiger partial charge in [-0.05, 0) is 12.8 Å². The summed E-state index contributed by atoms with van der Waals surface area (Å²) >= 11 is 1.43. The quantitative estimate of drug-likeness (QED) is 0.683. The van der Waals surface area contributed by atoms with Crippen molar-refractivity contribution in [3.8, 4) is 0 Å². The number of rotatable bonds is 5. The van der Waals surface area contributed by atoms with E-state index in [1.54, 1.807) is 0 Å². The second-order valence-electron chi connectivity index (χ2n) is 3.42. The highest BCUT2D eigenvalue weighted by molar-refractivity contribution is 8.14. The Bertz CT molecular complexity index is 142. The Labute approximate surface area is 86.1 Å². The standard InChI is InChI=1S/C10H21NOS/c1-5-7-11(8-6-2)10(12)13-9(3)4/h9H,5-8H2,1-4H3. The normalized spacial score (nSPS) is 10.5. The molecule has 0 unspecified atom stereocenters. The first-order chi connectivity index (χ1) is 6.11. The summed E-state index contributed by atoms with van der Waals surface area (Å²) in [5, 5.41) is 0.627. The number of carbonyl (C=O) groups excluding carboxylic acids is 1. The molecule has 3 heteroatoms. The highest BCUT2D eigenvalue weighted by Crippen LogP contribution is 2.15. The minimum atomic E-state index is 0.235. The van der Waals surface area contributed by atoms with Gasteiger partial charge in [0.05, 0.1) is 0 Å². The zero-order valence-corrected chi connectivity index (χ0v) is 9.99. The van der Waals surface area contributed by atoms with Gasteiger partial charge >= 0.3 is 0 Å². The first-order valence-electron chi connectivity index (χ1n) is 5.07. The molecule has 0 aliphatic heterocycles. The van der Waals surface area contributed by atoms with Gasteiger partial charge in [0.1, 0.15) is 0 Å². The summed E-state index contributed by atoms with van der Waals surface area (Å²) in [4.78, 5) is 13.6. The Morgan fingerprint density at radius 2 is 1.69 bits per heavy atom. The zero-order valence-electron chi connectivity index (χ0n) is 9.17.